The van der Waals surface area contributed by atoms with Crippen LogP contribution in [0.3, 0.4) is 0 Å². The van der Waals surface area contributed by atoms with Crippen LogP contribution < -0.4 is 5.32 Å². The van der Waals surface area contributed by atoms with Crippen LogP contribution in [0.15, 0.2) is 24.3 Å². The number of ether oxygens (including phenoxy) is 1. The van der Waals surface area contributed by atoms with Crippen molar-refractivity contribution < 1.29 is 9.84 Å². The van der Waals surface area contributed by atoms with Crippen LogP contribution in [0.25, 0.3) is 0 Å². The van der Waals surface area contributed by atoms with Crippen LogP contribution in [0, 0.1) is 6.92 Å². The number of nitrogens with one attached hydrogen (secondary N) is 1. The monoisotopic (exact) mass is 221 g/mol. The van der Waals surface area contributed by atoms with Crippen LogP contribution in [-0.2, 0) is 4.74 Å². The molecule has 2 rings (SSSR count). The van der Waals surface area contributed by atoms with E-state index in [9.17, 15) is 5.11 Å². The molecule has 0 bridgehead atoms. The van der Waals surface area contributed by atoms with E-state index in [2.05, 4.69) is 5.32 Å². The number of hydrogen-bond donors (Lipinski definition) is 2. The minimum Gasteiger partial charge on any atom is -0.387 e. The van der Waals surface area contributed by atoms with Crippen LogP contribution in [0.2, 0.25) is 0 Å². The van der Waals surface area contributed by atoms with Gasteiger partial charge in [0.15, 0.2) is 0 Å². The number of rotatable bonds is 4. The van der Waals surface area contributed by atoms with Gasteiger partial charge in [0.1, 0.15) is 0 Å². The quantitative estimate of drug-likeness (QED) is 0.807. The van der Waals surface area contributed by atoms with Gasteiger partial charge in [-0.25, -0.2) is 0 Å². The molecular formula is C13H19NO2. The van der Waals surface area contributed by atoms with Gasteiger partial charge in [-0.05, 0) is 18.9 Å². The molecule has 1 fully saturated rings. The van der Waals surface area contributed by atoms with E-state index in [0.717, 1.165) is 25.2 Å². The molecule has 3 heteroatoms. The Morgan fingerprint density at radius 1 is 1.56 bits per heavy atom. The van der Waals surface area contributed by atoms with Gasteiger partial charge >= 0.3 is 0 Å². The minimum atomic E-state index is -0.430. The number of aliphatic hydroxyl groups excluding tert-OH is 1. The molecular weight excluding hydrogens is 202 g/mol. The molecule has 1 heterocycles. The average Bonchev–Trinajstić information content (AvgIpc) is 2.78. The summed E-state index contributed by atoms with van der Waals surface area (Å²) in [5.74, 6) is 0. The van der Waals surface area contributed by atoms with E-state index < -0.39 is 6.10 Å². The maximum Gasteiger partial charge on any atom is 0.0914 e. The highest BCUT2D eigenvalue weighted by molar-refractivity contribution is 5.24. The summed E-state index contributed by atoms with van der Waals surface area (Å²) < 4.78 is 5.27. The summed E-state index contributed by atoms with van der Waals surface area (Å²) in [6.45, 7) is 4.23. The lowest BCUT2D eigenvalue weighted by molar-refractivity contribution is 0.161. The lowest BCUT2D eigenvalue weighted by Crippen LogP contribution is -2.32. The lowest BCUT2D eigenvalue weighted by Gasteiger charge is -2.15. The maximum absolute atomic E-state index is 10.0. The predicted molar refractivity (Wildman–Crippen MR) is 63.4 cm³/mol. The molecule has 88 valence electrons. The summed E-state index contributed by atoms with van der Waals surface area (Å²) in [7, 11) is 0. The van der Waals surface area contributed by atoms with Crippen LogP contribution >= 0.6 is 0 Å². The SMILES string of the molecule is Cc1cccc(C(O)CNC2CCOC2)c1. The zero-order valence-electron chi connectivity index (χ0n) is 9.65. The molecule has 0 saturated carbocycles. The zero-order valence-corrected chi connectivity index (χ0v) is 9.65. The molecule has 0 spiro atoms. The van der Waals surface area contributed by atoms with Crippen molar-refractivity contribution in [2.45, 2.75) is 25.5 Å². The molecule has 2 N–H and O–H groups in total. The Morgan fingerprint density at radius 2 is 2.44 bits per heavy atom. The van der Waals surface area contributed by atoms with E-state index in [1.54, 1.807) is 0 Å². The van der Waals surface area contributed by atoms with Gasteiger partial charge in [-0.15, -0.1) is 0 Å². The van der Waals surface area contributed by atoms with Crippen molar-refractivity contribution in [2.75, 3.05) is 19.8 Å². The second-order valence-electron chi connectivity index (χ2n) is 4.40. The third-order valence-corrected chi connectivity index (χ3v) is 2.96. The summed E-state index contributed by atoms with van der Waals surface area (Å²) in [5.41, 5.74) is 2.16. The van der Waals surface area contributed by atoms with Gasteiger partial charge in [0.2, 0.25) is 0 Å². The molecule has 3 nitrogen and oxygen atoms in total. The third kappa shape index (κ3) is 3.04. The van der Waals surface area contributed by atoms with Crippen molar-refractivity contribution in [3.63, 3.8) is 0 Å². The smallest absolute Gasteiger partial charge is 0.0914 e. The summed E-state index contributed by atoms with van der Waals surface area (Å²) in [4.78, 5) is 0. The summed E-state index contributed by atoms with van der Waals surface area (Å²) in [5, 5.41) is 13.3. The van der Waals surface area contributed by atoms with Gasteiger partial charge in [-0.2, -0.15) is 0 Å². The van der Waals surface area contributed by atoms with Crippen LogP contribution in [0.4, 0.5) is 0 Å². The molecule has 0 aliphatic carbocycles. The fraction of sp³-hybridized carbons (Fsp3) is 0.538. The molecule has 16 heavy (non-hydrogen) atoms. The lowest BCUT2D eigenvalue weighted by atomic mass is 10.1. The van der Waals surface area contributed by atoms with Crippen molar-refractivity contribution in [2.24, 2.45) is 0 Å². The number of aryl methyl sites for hydroxylation is 1. The van der Waals surface area contributed by atoms with E-state index in [4.69, 9.17) is 4.74 Å². The number of hydrogen-bond acceptors (Lipinski definition) is 3. The fourth-order valence-electron chi connectivity index (χ4n) is 1.97. The number of aliphatic hydroxyl groups is 1. The van der Waals surface area contributed by atoms with Gasteiger partial charge in [0.05, 0.1) is 12.7 Å². The van der Waals surface area contributed by atoms with E-state index in [1.807, 2.05) is 31.2 Å². The molecule has 0 aromatic heterocycles. The largest absolute Gasteiger partial charge is 0.387 e. The summed E-state index contributed by atoms with van der Waals surface area (Å²) in [6, 6.07) is 8.41. The fourth-order valence-corrected chi connectivity index (χ4v) is 1.97. The average molecular weight is 221 g/mol. The van der Waals surface area contributed by atoms with E-state index in [1.165, 1.54) is 5.56 Å². The molecule has 2 atom stereocenters. The van der Waals surface area contributed by atoms with Gasteiger partial charge < -0.3 is 15.2 Å². The minimum absolute atomic E-state index is 0.402. The van der Waals surface area contributed by atoms with Crippen LogP contribution in [-0.4, -0.2) is 30.9 Å². The molecule has 1 saturated heterocycles. The van der Waals surface area contributed by atoms with E-state index in [-0.39, 0.29) is 0 Å². The van der Waals surface area contributed by atoms with Crippen LogP contribution in [0.1, 0.15) is 23.7 Å². The van der Waals surface area contributed by atoms with Crippen molar-refractivity contribution in [1.29, 1.82) is 0 Å². The summed E-state index contributed by atoms with van der Waals surface area (Å²) in [6.07, 6.45) is 0.612. The van der Waals surface area contributed by atoms with Gasteiger partial charge in [0.25, 0.3) is 0 Å². The van der Waals surface area contributed by atoms with Gasteiger partial charge in [-0.1, -0.05) is 29.8 Å². The van der Waals surface area contributed by atoms with E-state index in [0.29, 0.717) is 12.6 Å². The second kappa shape index (κ2) is 5.43. The highest BCUT2D eigenvalue weighted by Gasteiger charge is 2.16. The topological polar surface area (TPSA) is 41.5 Å². The summed E-state index contributed by atoms with van der Waals surface area (Å²) >= 11 is 0. The predicted octanol–water partition coefficient (Wildman–Crippen LogP) is 1.41. The first-order chi connectivity index (χ1) is 7.75. The van der Waals surface area contributed by atoms with Crippen molar-refractivity contribution in [3.8, 4) is 0 Å². The van der Waals surface area contributed by atoms with Crippen LogP contribution in [0.5, 0.6) is 0 Å². The Balaban J connectivity index is 1.85. The zero-order chi connectivity index (χ0) is 11.4. The van der Waals surface area contributed by atoms with E-state index >= 15 is 0 Å². The molecule has 1 aliphatic rings. The highest BCUT2D eigenvalue weighted by Crippen LogP contribution is 2.14. The molecule has 0 radical (unpaired) electrons. The van der Waals surface area contributed by atoms with Crippen molar-refractivity contribution in [3.05, 3.63) is 35.4 Å². The normalized spacial score (nSPS) is 22.2. The third-order valence-electron chi connectivity index (χ3n) is 2.96. The molecule has 1 aliphatic heterocycles. The highest BCUT2D eigenvalue weighted by atomic mass is 16.5. The first kappa shape index (κ1) is 11.6. The first-order valence-electron chi connectivity index (χ1n) is 5.81. The molecule has 1 aromatic rings. The van der Waals surface area contributed by atoms with Crippen molar-refractivity contribution in [1.82, 2.24) is 5.32 Å². The maximum atomic E-state index is 10.0. The Labute approximate surface area is 96.4 Å². The second-order valence-corrected chi connectivity index (χ2v) is 4.40. The standard InChI is InChI=1S/C13H19NO2/c1-10-3-2-4-11(7-10)13(15)8-14-12-5-6-16-9-12/h2-4,7,12-15H,5-6,8-9H2,1H3. The molecule has 2 unspecified atom stereocenters. The Bertz CT molecular complexity index is 334. The number of benzene rings is 1. The van der Waals surface area contributed by atoms with Gasteiger partial charge in [-0.3, -0.25) is 0 Å². The first-order valence-corrected chi connectivity index (χ1v) is 5.81. The van der Waals surface area contributed by atoms with Crippen molar-refractivity contribution >= 4 is 0 Å². The molecule has 1 aromatic carbocycles. The Morgan fingerprint density at radius 3 is 3.12 bits per heavy atom. The van der Waals surface area contributed by atoms with Gasteiger partial charge in [0, 0.05) is 19.2 Å². The Kier molecular flexibility index (Phi) is 3.93. The Hall–Kier alpha value is -0.900. The molecule has 0 amide bonds.